The quantitative estimate of drug-likeness (QED) is 0.914. The van der Waals surface area contributed by atoms with Crippen molar-refractivity contribution in [1.29, 1.82) is 0 Å². The van der Waals surface area contributed by atoms with Crippen molar-refractivity contribution in [2.75, 3.05) is 24.3 Å². The van der Waals surface area contributed by atoms with Crippen LogP contribution in [0.1, 0.15) is 12.5 Å². The minimum Gasteiger partial charge on any atom is -0.479 e. The Balaban J connectivity index is 2.42. The molecule has 2 aromatic rings. The van der Waals surface area contributed by atoms with Crippen LogP contribution in [0.5, 0.6) is 5.88 Å². The summed E-state index contributed by atoms with van der Waals surface area (Å²) in [6.45, 7) is 4.99. The lowest BCUT2D eigenvalue weighted by molar-refractivity contribution is 0.400. The number of aryl methyl sites for hydroxylation is 1. The molecule has 0 fully saturated rings. The molecular weight excluding hydrogens is 238 g/mol. The van der Waals surface area contributed by atoms with Crippen molar-refractivity contribution in [3.63, 3.8) is 0 Å². The first-order valence-electron chi connectivity index (χ1n) is 6.30. The van der Waals surface area contributed by atoms with Crippen LogP contribution in [0.2, 0.25) is 0 Å². The molecule has 1 aromatic heterocycles. The van der Waals surface area contributed by atoms with Gasteiger partial charge in [-0.05, 0) is 43.7 Å². The van der Waals surface area contributed by atoms with Gasteiger partial charge in [-0.15, -0.1) is 0 Å². The second-order valence-corrected chi connectivity index (χ2v) is 4.35. The Morgan fingerprint density at radius 2 is 2.05 bits per heavy atom. The van der Waals surface area contributed by atoms with E-state index in [1.807, 2.05) is 18.2 Å². The van der Waals surface area contributed by atoms with Crippen LogP contribution in [0.25, 0.3) is 0 Å². The van der Waals surface area contributed by atoms with E-state index in [1.165, 1.54) is 5.56 Å². The molecule has 0 radical (unpaired) electrons. The van der Waals surface area contributed by atoms with Gasteiger partial charge in [0.15, 0.2) is 0 Å². The van der Waals surface area contributed by atoms with Gasteiger partial charge in [-0.3, -0.25) is 0 Å². The molecule has 19 heavy (non-hydrogen) atoms. The van der Waals surface area contributed by atoms with Crippen molar-refractivity contribution < 1.29 is 4.74 Å². The Kier molecular flexibility index (Phi) is 3.90. The number of anilines is 3. The summed E-state index contributed by atoms with van der Waals surface area (Å²) in [6.07, 6.45) is 0. The molecule has 0 aliphatic carbocycles. The summed E-state index contributed by atoms with van der Waals surface area (Å²) in [5, 5.41) is 0. The molecule has 2 rings (SSSR count). The molecule has 0 unspecified atom stereocenters. The van der Waals surface area contributed by atoms with Crippen LogP contribution in [0.4, 0.5) is 17.2 Å². The highest BCUT2D eigenvalue weighted by atomic mass is 16.5. The van der Waals surface area contributed by atoms with Crippen LogP contribution < -0.4 is 15.4 Å². The van der Waals surface area contributed by atoms with Crippen LogP contribution in [0, 0.1) is 6.92 Å². The maximum atomic E-state index is 5.80. The number of methoxy groups -OCH3 is 1. The van der Waals surface area contributed by atoms with Crippen LogP contribution in [0.3, 0.4) is 0 Å². The molecule has 0 aliphatic heterocycles. The number of rotatable bonds is 4. The van der Waals surface area contributed by atoms with Gasteiger partial charge in [-0.1, -0.05) is 12.1 Å². The van der Waals surface area contributed by atoms with E-state index in [0.29, 0.717) is 11.6 Å². The molecule has 0 aliphatic rings. The Labute approximate surface area is 113 Å². The van der Waals surface area contributed by atoms with Crippen LogP contribution in [0.15, 0.2) is 36.4 Å². The molecule has 100 valence electrons. The topological polar surface area (TPSA) is 51.4 Å². The minimum atomic E-state index is 0.462. The third-order valence-corrected chi connectivity index (χ3v) is 2.97. The smallest absolute Gasteiger partial charge is 0.238 e. The number of hydrogen-bond donors (Lipinski definition) is 1. The fraction of sp³-hybridized carbons (Fsp3) is 0.267. The average Bonchev–Trinajstić information content (AvgIpc) is 2.41. The Morgan fingerprint density at radius 1 is 1.26 bits per heavy atom. The molecule has 0 saturated carbocycles. The van der Waals surface area contributed by atoms with Crippen molar-refractivity contribution in [2.24, 2.45) is 0 Å². The van der Waals surface area contributed by atoms with Gasteiger partial charge in [0.05, 0.1) is 12.8 Å². The van der Waals surface area contributed by atoms with E-state index in [0.717, 1.165) is 18.1 Å². The van der Waals surface area contributed by atoms with E-state index >= 15 is 0 Å². The third kappa shape index (κ3) is 2.78. The average molecular weight is 257 g/mol. The predicted molar refractivity (Wildman–Crippen MR) is 79.1 cm³/mol. The summed E-state index contributed by atoms with van der Waals surface area (Å²) in [5.41, 5.74) is 8.68. The number of pyridine rings is 1. The molecule has 2 N–H and O–H groups in total. The SMILES string of the molecule is CCN(c1cccc(C)c1)c1ccc(N)c(OC)n1. The number of nitrogens with two attached hydrogens (primary N) is 1. The molecular formula is C15H19N3O. The number of nitrogen functional groups attached to an aromatic ring is 1. The number of benzene rings is 1. The highest BCUT2D eigenvalue weighted by Gasteiger charge is 2.11. The van der Waals surface area contributed by atoms with E-state index < -0.39 is 0 Å². The van der Waals surface area contributed by atoms with Gasteiger partial charge in [-0.25, -0.2) is 0 Å². The van der Waals surface area contributed by atoms with Gasteiger partial charge in [0.1, 0.15) is 5.82 Å². The first-order chi connectivity index (χ1) is 9.15. The van der Waals surface area contributed by atoms with E-state index in [-0.39, 0.29) is 0 Å². The number of aromatic nitrogens is 1. The normalized spacial score (nSPS) is 10.3. The molecule has 0 saturated heterocycles. The molecule has 0 spiro atoms. The highest BCUT2D eigenvalue weighted by Crippen LogP contribution is 2.28. The van der Waals surface area contributed by atoms with Crippen molar-refractivity contribution in [1.82, 2.24) is 4.98 Å². The predicted octanol–water partition coefficient (Wildman–Crippen LogP) is 3.14. The lowest BCUT2D eigenvalue weighted by Gasteiger charge is -2.23. The zero-order valence-corrected chi connectivity index (χ0v) is 11.6. The number of hydrogen-bond acceptors (Lipinski definition) is 4. The second kappa shape index (κ2) is 5.61. The van der Waals surface area contributed by atoms with Crippen molar-refractivity contribution in [3.05, 3.63) is 42.0 Å². The maximum Gasteiger partial charge on any atom is 0.238 e. The van der Waals surface area contributed by atoms with Crippen LogP contribution in [-0.4, -0.2) is 18.6 Å². The van der Waals surface area contributed by atoms with Gasteiger partial charge >= 0.3 is 0 Å². The number of nitrogens with zero attached hydrogens (tertiary/aromatic N) is 2. The fourth-order valence-electron chi connectivity index (χ4n) is 2.03. The first-order valence-corrected chi connectivity index (χ1v) is 6.30. The van der Waals surface area contributed by atoms with E-state index in [1.54, 1.807) is 7.11 Å². The Morgan fingerprint density at radius 3 is 2.68 bits per heavy atom. The third-order valence-electron chi connectivity index (χ3n) is 2.97. The lowest BCUT2D eigenvalue weighted by Crippen LogP contribution is -2.17. The summed E-state index contributed by atoms with van der Waals surface area (Å²) in [6, 6.07) is 12.1. The van der Waals surface area contributed by atoms with Crippen molar-refractivity contribution >= 4 is 17.2 Å². The zero-order valence-electron chi connectivity index (χ0n) is 11.6. The van der Waals surface area contributed by atoms with Crippen LogP contribution in [-0.2, 0) is 0 Å². The fourth-order valence-corrected chi connectivity index (χ4v) is 2.03. The molecule has 4 heteroatoms. The van der Waals surface area contributed by atoms with E-state index in [2.05, 4.69) is 41.9 Å². The maximum absolute atomic E-state index is 5.80. The van der Waals surface area contributed by atoms with Crippen molar-refractivity contribution in [2.45, 2.75) is 13.8 Å². The summed E-state index contributed by atoms with van der Waals surface area (Å²) >= 11 is 0. The summed E-state index contributed by atoms with van der Waals surface area (Å²) in [4.78, 5) is 6.57. The molecule has 1 aromatic carbocycles. The van der Waals surface area contributed by atoms with Crippen molar-refractivity contribution in [3.8, 4) is 5.88 Å². The number of ether oxygens (including phenoxy) is 1. The highest BCUT2D eigenvalue weighted by molar-refractivity contribution is 5.63. The van der Waals surface area contributed by atoms with Gasteiger partial charge in [-0.2, -0.15) is 4.98 Å². The zero-order chi connectivity index (χ0) is 13.8. The second-order valence-electron chi connectivity index (χ2n) is 4.35. The monoisotopic (exact) mass is 257 g/mol. The molecule has 0 bridgehead atoms. The van der Waals surface area contributed by atoms with Gasteiger partial charge < -0.3 is 15.4 Å². The van der Waals surface area contributed by atoms with Crippen LogP contribution >= 0.6 is 0 Å². The summed E-state index contributed by atoms with van der Waals surface area (Å²) in [7, 11) is 1.57. The largest absolute Gasteiger partial charge is 0.479 e. The molecule has 0 amide bonds. The Bertz CT molecular complexity index is 569. The van der Waals surface area contributed by atoms with E-state index in [4.69, 9.17) is 10.5 Å². The summed E-state index contributed by atoms with van der Waals surface area (Å²) < 4.78 is 5.18. The summed E-state index contributed by atoms with van der Waals surface area (Å²) in [5.74, 6) is 1.29. The molecule has 1 heterocycles. The first kappa shape index (κ1) is 13.2. The molecule has 0 atom stereocenters. The molecule has 4 nitrogen and oxygen atoms in total. The lowest BCUT2D eigenvalue weighted by atomic mass is 10.2. The van der Waals surface area contributed by atoms with E-state index in [9.17, 15) is 0 Å². The minimum absolute atomic E-state index is 0.462. The van der Waals surface area contributed by atoms with Gasteiger partial charge in [0.2, 0.25) is 5.88 Å². The Hall–Kier alpha value is -2.23. The van der Waals surface area contributed by atoms with Gasteiger partial charge in [0, 0.05) is 12.2 Å². The van der Waals surface area contributed by atoms with Gasteiger partial charge in [0.25, 0.3) is 0 Å². The standard InChI is InChI=1S/C15H19N3O/c1-4-18(12-7-5-6-11(2)10-12)14-9-8-13(16)15(17-14)19-3/h5-10H,4,16H2,1-3H3.